The SMILES string of the molecule is CCCn1c(-c2ccc(NC(=O)OCC)cc2)c(N)c2ccc(OC)cc21. The molecule has 0 saturated heterocycles. The predicted molar refractivity (Wildman–Crippen MR) is 109 cm³/mol. The molecule has 0 spiro atoms. The Morgan fingerprint density at radius 1 is 1.15 bits per heavy atom. The number of hydrogen-bond donors (Lipinski definition) is 2. The number of hydrogen-bond acceptors (Lipinski definition) is 4. The number of rotatable bonds is 6. The van der Waals surface area contributed by atoms with Crippen molar-refractivity contribution < 1.29 is 14.3 Å². The molecule has 2 aromatic carbocycles. The van der Waals surface area contributed by atoms with E-state index in [1.807, 2.05) is 42.5 Å². The van der Waals surface area contributed by atoms with Gasteiger partial charge in [-0.3, -0.25) is 5.32 Å². The lowest BCUT2D eigenvalue weighted by atomic mass is 10.1. The molecule has 142 valence electrons. The highest BCUT2D eigenvalue weighted by molar-refractivity contribution is 6.01. The molecule has 1 heterocycles. The average Bonchev–Trinajstić information content (AvgIpc) is 2.94. The summed E-state index contributed by atoms with van der Waals surface area (Å²) in [6.07, 6.45) is 0.521. The molecule has 0 saturated carbocycles. The zero-order valence-corrected chi connectivity index (χ0v) is 15.9. The van der Waals surface area contributed by atoms with Crippen LogP contribution in [0.25, 0.3) is 22.2 Å². The first-order valence-electron chi connectivity index (χ1n) is 9.09. The van der Waals surface area contributed by atoms with E-state index < -0.39 is 6.09 Å². The first-order valence-corrected chi connectivity index (χ1v) is 9.09. The van der Waals surface area contributed by atoms with Crippen molar-refractivity contribution in [2.24, 2.45) is 0 Å². The van der Waals surface area contributed by atoms with Gasteiger partial charge in [0.15, 0.2) is 0 Å². The minimum atomic E-state index is -0.461. The Labute approximate surface area is 158 Å². The van der Waals surface area contributed by atoms with E-state index >= 15 is 0 Å². The second-order valence-corrected chi connectivity index (χ2v) is 6.22. The number of methoxy groups -OCH3 is 1. The van der Waals surface area contributed by atoms with Gasteiger partial charge in [0.2, 0.25) is 0 Å². The van der Waals surface area contributed by atoms with E-state index in [9.17, 15) is 4.79 Å². The number of carbonyl (C=O) groups is 1. The van der Waals surface area contributed by atoms with Crippen LogP contribution in [-0.4, -0.2) is 24.4 Å². The molecule has 0 radical (unpaired) electrons. The second-order valence-electron chi connectivity index (χ2n) is 6.22. The Balaban J connectivity index is 2.03. The summed E-state index contributed by atoms with van der Waals surface area (Å²) in [4.78, 5) is 11.6. The highest BCUT2D eigenvalue weighted by Crippen LogP contribution is 2.38. The molecule has 0 bridgehead atoms. The quantitative estimate of drug-likeness (QED) is 0.651. The fraction of sp³-hybridized carbons (Fsp3) is 0.286. The van der Waals surface area contributed by atoms with Gasteiger partial charge in [0.1, 0.15) is 5.75 Å². The van der Waals surface area contributed by atoms with Crippen LogP contribution in [-0.2, 0) is 11.3 Å². The van der Waals surface area contributed by atoms with Crippen LogP contribution in [0, 0.1) is 0 Å². The molecule has 6 heteroatoms. The summed E-state index contributed by atoms with van der Waals surface area (Å²) in [7, 11) is 1.66. The fourth-order valence-electron chi connectivity index (χ4n) is 3.25. The standard InChI is InChI=1S/C21H25N3O3/c1-4-12-24-18-13-16(26-3)10-11-17(18)19(22)20(24)14-6-8-15(9-7-14)23-21(25)27-5-2/h6-11,13H,4-5,12,22H2,1-3H3,(H,23,25). The van der Waals surface area contributed by atoms with Gasteiger partial charge in [0.25, 0.3) is 0 Å². The minimum Gasteiger partial charge on any atom is -0.497 e. The fourth-order valence-corrected chi connectivity index (χ4v) is 3.25. The van der Waals surface area contributed by atoms with E-state index in [0.29, 0.717) is 12.3 Å². The number of aromatic nitrogens is 1. The molecule has 1 amide bonds. The number of anilines is 2. The third kappa shape index (κ3) is 3.69. The van der Waals surface area contributed by atoms with Crippen LogP contribution in [0.2, 0.25) is 0 Å². The van der Waals surface area contributed by atoms with Crippen LogP contribution in [0.15, 0.2) is 42.5 Å². The number of amides is 1. The van der Waals surface area contributed by atoms with Crippen LogP contribution in [0.4, 0.5) is 16.2 Å². The molecule has 3 aromatic rings. The van der Waals surface area contributed by atoms with E-state index in [0.717, 1.165) is 46.6 Å². The Kier molecular flexibility index (Phi) is 5.54. The maximum atomic E-state index is 11.6. The minimum absolute atomic E-state index is 0.334. The Hall–Kier alpha value is -3.15. The van der Waals surface area contributed by atoms with Crippen LogP contribution in [0.1, 0.15) is 20.3 Å². The monoisotopic (exact) mass is 367 g/mol. The first-order chi connectivity index (χ1) is 13.1. The largest absolute Gasteiger partial charge is 0.497 e. The van der Waals surface area contributed by atoms with Crippen molar-refractivity contribution >= 4 is 28.4 Å². The lowest BCUT2D eigenvalue weighted by Crippen LogP contribution is -2.13. The Morgan fingerprint density at radius 2 is 1.89 bits per heavy atom. The highest BCUT2D eigenvalue weighted by Gasteiger charge is 2.17. The molecule has 0 unspecified atom stereocenters. The number of nitrogen functional groups attached to an aromatic ring is 1. The molecule has 6 nitrogen and oxygen atoms in total. The van der Waals surface area contributed by atoms with E-state index in [2.05, 4.69) is 16.8 Å². The summed E-state index contributed by atoms with van der Waals surface area (Å²) in [6.45, 7) is 5.09. The van der Waals surface area contributed by atoms with Crippen LogP contribution >= 0.6 is 0 Å². The third-order valence-electron chi connectivity index (χ3n) is 4.44. The van der Waals surface area contributed by atoms with Crippen molar-refractivity contribution in [1.82, 2.24) is 4.57 Å². The number of carbonyl (C=O) groups excluding carboxylic acids is 1. The van der Waals surface area contributed by atoms with E-state index in [-0.39, 0.29) is 0 Å². The summed E-state index contributed by atoms with van der Waals surface area (Å²) >= 11 is 0. The number of nitrogens with one attached hydrogen (secondary N) is 1. The molecule has 0 aliphatic rings. The van der Waals surface area contributed by atoms with Crippen LogP contribution in [0.5, 0.6) is 5.75 Å². The zero-order valence-electron chi connectivity index (χ0n) is 15.9. The number of benzene rings is 2. The number of aryl methyl sites for hydroxylation is 1. The number of fused-ring (bicyclic) bond motifs is 1. The summed E-state index contributed by atoms with van der Waals surface area (Å²) in [5.41, 5.74) is 10.9. The zero-order chi connectivity index (χ0) is 19.4. The maximum Gasteiger partial charge on any atom is 0.411 e. The van der Waals surface area contributed by atoms with Gasteiger partial charge in [0.05, 0.1) is 30.6 Å². The van der Waals surface area contributed by atoms with Crippen molar-refractivity contribution in [3.8, 4) is 17.0 Å². The van der Waals surface area contributed by atoms with E-state index in [4.69, 9.17) is 15.2 Å². The molecule has 27 heavy (non-hydrogen) atoms. The van der Waals surface area contributed by atoms with Crippen molar-refractivity contribution in [2.45, 2.75) is 26.8 Å². The van der Waals surface area contributed by atoms with Gasteiger partial charge in [-0.25, -0.2) is 4.79 Å². The first kappa shape index (κ1) is 18.6. The number of nitrogens with two attached hydrogens (primary N) is 1. The second kappa shape index (κ2) is 8.03. The molecule has 3 rings (SSSR count). The third-order valence-corrected chi connectivity index (χ3v) is 4.44. The van der Waals surface area contributed by atoms with Gasteiger partial charge in [-0.05, 0) is 37.6 Å². The summed E-state index contributed by atoms with van der Waals surface area (Å²) in [5, 5.41) is 3.71. The molecule has 0 atom stereocenters. The topological polar surface area (TPSA) is 78.5 Å². The number of nitrogens with zero attached hydrogens (tertiary/aromatic N) is 1. The van der Waals surface area contributed by atoms with Gasteiger partial charge >= 0.3 is 6.09 Å². The number of ether oxygens (including phenoxy) is 2. The molecule has 0 aliphatic carbocycles. The smallest absolute Gasteiger partial charge is 0.411 e. The van der Waals surface area contributed by atoms with Gasteiger partial charge in [-0.15, -0.1) is 0 Å². The maximum absolute atomic E-state index is 11.6. The van der Waals surface area contributed by atoms with Crippen LogP contribution < -0.4 is 15.8 Å². The van der Waals surface area contributed by atoms with Crippen molar-refractivity contribution in [3.63, 3.8) is 0 Å². The predicted octanol–water partition coefficient (Wildman–Crippen LogP) is 4.88. The highest BCUT2D eigenvalue weighted by atomic mass is 16.5. The van der Waals surface area contributed by atoms with Gasteiger partial charge in [-0.2, -0.15) is 0 Å². The molecule has 0 aliphatic heterocycles. The molecule has 1 aromatic heterocycles. The van der Waals surface area contributed by atoms with Crippen molar-refractivity contribution in [2.75, 3.05) is 24.8 Å². The normalized spacial score (nSPS) is 10.8. The van der Waals surface area contributed by atoms with Gasteiger partial charge in [-0.1, -0.05) is 19.1 Å². The molecular formula is C21H25N3O3. The summed E-state index contributed by atoms with van der Waals surface area (Å²) < 4.78 is 12.5. The molecule has 3 N–H and O–H groups in total. The Bertz CT molecular complexity index is 945. The lowest BCUT2D eigenvalue weighted by molar-refractivity contribution is 0.168. The van der Waals surface area contributed by atoms with Crippen LogP contribution in [0.3, 0.4) is 0 Å². The van der Waals surface area contributed by atoms with E-state index in [1.54, 1.807) is 14.0 Å². The van der Waals surface area contributed by atoms with Crippen molar-refractivity contribution in [1.29, 1.82) is 0 Å². The summed E-state index contributed by atoms with van der Waals surface area (Å²) in [6, 6.07) is 13.5. The average molecular weight is 367 g/mol. The van der Waals surface area contributed by atoms with Crippen molar-refractivity contribution in [3.05, 3.63) is 42.5 Å². The lowest BCUT2D eigenvalue weighted by Gasteiger charge is -2.12. The van der Waals surface area contributed by atoms with Gasteiger partial charge in [0, 0.05) is 29.2 Å². The molecular weight excluding hydrogens is 342 g/mol. The molecule has 0 fully saturated rings. The summed E-state index contributed by atoms with van der Waals surface area (Å²) in [5.74, 6) is 0.804. The Morgan fingerprint density at radius 3 is 2.52 bits per heavy atom. The van der Waals surface area contributed by atoms with Gasteiger partial charge < -0.3 is 19.8 Å². The van der Waals surface area contributed by atoms with E-state index in [1.165, 1.54) is 0 Å².